The third-order valence-electron chi connectivity index (χ3n) is 1.64. The number of likely N-dealkylation sites (N-methyl/N-ethyl adjacent to an activating group) is 1. The second kappa shape index (κ2) is 5.39. The van der Waals surface area contributed by atoms with Gasteiger partial charge in [-0.3, -0.25) is 4.79 Å². The minimum Gasteiger partial charge on any atom is -0.361 e. The Morgan fingerprint density at radius 1 is 1.64 bits per heavy atom. The van der Waals surface area contributed by atoms with Crippen molar-refractivity contribution in [1.29, 1.82) is 0 Å². The van der Waals surface area contributed by atoms with E-state index in [1.165, 1.54) is 0 Å². The molecule has 0 aliphatic heterocycles. The predicted octanol–water partition coefficient (Wildman–Crippen LogP) is 0.209. The minimum absolute atomic E-state index is 0.00674. The number of carbonyl (C=O) groups excluding carboxylic acids is 1. The highest BCUT2D eigenvalue weighted by Gasteiger charge is 2.01. The quantitative estimate of drug-likeness (QED) is 0.708. The van der Waals surface area contributed by atoms with Gasteiger partial charge in [-0.1, -0.05) is 5.16 Å². The molecule has 0 unspecified atom stereocenters. The Kier molecular flexibility index (Phi) is 4.12. The van der Waals surface area contributed by atoms with Crippen LogP contribution in [0, 0.1) is 6.92 Å². The second-order valence-corrected chi connectivity index (χ2v) is 2.99. The Morgan fingerprint density at radius 3 is 3.00 bits per heavy atom. The molecule has 1 aromatic rings. The second-order valence-electron chi connectivity index (χ2n) is 2.99. The summed E-state index contributed by atoms with van der Waals surface area (Å²) in [6.07, 6.45) is 0. The van der Waals surface area contributed by atoms with Crippen LogP contribution in [0.15, 0.2) is 10.6 Å². The zero-order valence-electron chi connectivity index (χ0n) is 8.46. The van der Waals surface area contributed by atoms with Crippen LogP contribution in [0.4, 0.5) is 0 Å². The van der Waals surface area contributed by atoms with Crippen molar-refractivity contribution in [3.05, 3.63) is 17.5 Å². The molecular weight excluding hydrogens is 182 g/mol. The number of rotatable bonds is 5. The first-order valence-electron chi connectivity index (χ1n) is 4.62. The number of hydrogen-bond acceptors (Lipinski definition) is 4. The molecule has 5 heteroatoms. The van der Waals surface area contributed by atoms with Crippen LogP contribution in [0.1, 0.15) is 18.4 Å². The van der Waals surface area contributed by atoms with Crippen LogP contribution in [0.2, 0.25) is 0 Å². The van der Waals surface area contributed by atoms with E-state index in [4.69, 9.17) is 4.52 Å². The standard InChI is InChI=1S/C9H15N3O2/c1-3-11-9(13)6-10-5-8-4-7(2)14-12-8/h4,10H,3,5-6H2,1-2H3,(H,11,13). The summed E-state index contributed by atoms with van der Waals surface area (Å²) >= 11 is 0. The van der Waals surface area contributed by atoms with Gasteiger partial charge in [-0.2, -0.15) is 0 Å². The first-order chi connectivity index (χ1) is 6.72. The molecule has 0 saturated carbocycles. The van der Waals surface area contributed by atoms with Crippen LogP contribution in [0.5, 0.6) is 0 Å². The normalized spacial score (nSPS) is 10.1. The fourth-order valence-electron chi connectivity index (χ4n) is 1.07. The molecule has 0 spiro atoms. The highest BCUT2D eigenvalue weighted by atomic mass is 16.5. The van der Waals surface area contributed by atoms with E-state index >= 15 is 0 Å². The molecule has 78 valence electrons. The topological polar surface area (TPSA) is 67.2 Å². The summed E-state index contributed by atoms with van der Waals surface area (Å²) in [7, 11) is 0. The van der Waals surface area contributed by atoms with Gasteiger partial charge in [0.1, 0.15) is 5.76 Å². The number of hydrogen-bond donors (Lipinski definition) is 2. The van der Waals surface area contributed by atoms with Gasteiger partial charge in [-0.05, 0) is 13.8 Å². The summed E-state index contributed by atoms with van der Waals surface area (Å²) in [5, 5.41) is 9.45. The van der Waals surface area contributed by atoms with Crippen molar-refractivity contribution in [2.45, 2.75) is 20.4 Å². The van der Waals surface area contributed by atoms with E-state index in [9.17, 15) is 4.79 Å². The summed E-state index contributed by atoms with van der Waals surface area (Å²) in [5.41, 5.74) is 0.812. The van der Waals surface area contributed by atoms with Crippen molar-refractivity contribution < 1.29 is 9.32 Å². The maximum atomic E-state index is 11.0. The van der Waals surface area contributed by atoms with E-state index in [0.29, 0.717) is 19.6 Å². The van der Waals surface area contributed by atoms with Crippen LogP contribution in [-0.4, -0.2) is 24.2 Å². The van der Waals surface area contributed by atoms with Crippen molar-refractivity contribution >= 4 is 5.91 Å². The number of carbonyl (C=O) groups is 1. The molecule has 0 fully saturated rings. The average Bonchev–Trinajstić information content (AvgIpc) is 2.52. The van der Waals surface area contributed by atoms with Gasteiger partial charge in [-0.15, -0.1) is 0 Å². The van der Waals surface area contributed by atoms with Crippen LogP contribution in [0.3, 0.4) is 0 Å². The van der Waals surface area contributed by atoms with Crippen LogP contribution in [0.25, 0.3) is 0 Å². The van der Waals surface area contributed by atoms with Crippen LogP contribution >= 0.6 is 0 Å². The summed E-state index contributed by atoms with van der Waals surface area (Å²) in [6, 6.07) is 1.84. The molecule has 5 nitrogen and oxygen atoms in total. The van der Waals surface area contributed by atoms with E-state index in [0.717, 1.165) is 11.5 Å². The lowest BCUT2D eigenvalue weighted by Gasteiger charge is -2.01. The van der Waals surface area contributed by atoms with E-state index in [1.54, 1.807) is 0 Å². The number of amides is 1. The van der Waals surface area contributed by atoms with Gasteiger partial charge in [0.2, 0.25) is 5.91 Å². The molecule has 1 aromatic heterocycles. The lowest BCUT2D eigenvalue weighted by atomic mass is 10.4. The molecular formula is C9H15N3O2. The van der Waals surface area contributed by atoms with Crippen LogP contribution < -0.4 is 10.6 Å². The summed E-state index contributed by atoms with van der Waals surface area (Å²) in [5.74, 6) is 0.771. The Morgan fingerprint density at radius 2 is 2.43 bits per heavy atom. The number of nitrogens with zero attached hydrogens (tertiary/aromatic N) is 1. The van der Waals surface area contributed by atoms with E-state index in [1.807, 2.05) is 19.9 Å². The van der Waals surface area contributed by atoms with Crippen LogP contribution in [-0.2, 0) is 11.3 Å². The van der Waals surface area contributed by atoms with Crippen molar-refractivity contribution in [3.63, 3.8) is 0 Å². The van der Waals surface area contributed by atoms with Crippen molar-refractivity contribution in [3.8, 4) is 0 Å². The maximum Gasteiger partial charge on any atom is 0.233 e. The average molecular weight is 197 g/mol. The third kappa shape index (κ3) is 3.57. The Bertz CT molecular complexity index is 296. The van der Waals surface area contributed by atoms with Gasteiger partial charge in [0.05, 0.1) is 12.2 Å². The molecule has 14 heavy (non-hydrogen) atoms. The SMILES string of the molecule is CCNC(=O)CNCc1cc(C)on1. The van der Waals surface area contributed by atoms with E-state index in [-0.39, 0.29) is 5.91 Å². The molecule has 1 amide bonds. The predicted molar refractivity (Wildman–Crippen MR) is 51.6 cm³/mol. The smallest absolute Gasteiger partial charge is 0.233 e. The fraction of sp³-hybridized carbons (Fsp3) is 0.556. The van der Waals surface area contributed by atoms with Gasteiger partial charge in [0.25, 0.3) is 0 Å². The van der Waals surface area contributed by atoms with Gasteiger partial charge < -0.3 is 15.2 Å². The Labute approximate surface area is 82.8 Å². The molecule has 0 atom stereocenters. The molecule has 2 N–H and O–H groups in total. The van der Waals surface area contributed by atoms with Crippen molar-refractivity contribution in [2.75, 3.05) is 13.1 Å². The lowest BCUT2D eigenvalue weighted by Crippen LogP contribution is -2.33. The zero-order chi connectivity index (χ0) is 10.4. The number of aryl methyl sites for hydroxylation is 1. The molecule has 1 rings (SSSR count). The number of nitrogens with one attached hydrogen (secondary N) is 2. The third-order valence-corrected chi connectivity index (χ3v) is 1.64. The molecule has 1 heterocycles. The molecule has 0 aliphatic rings. The first kappa shape index (κ1) is 10.7. The fourth-order valence-corrected chi connectivity index (χ4v) is 1.07. The molecule has 0 radical (unpaired) electrons. The van der Waals surface area contributed by atoms with Gasteiger partial charge >= 0.3 is 0 Å². The first-order valence-corrected chi connectivity index (χ1v) is 4.62. The van der Waals surface area contributed by atoms with Gasteiger partial charge in [-0.25, -0.2) is 0 Å². The van der Waals surface area contributed by atoms with Crippen molar-refractivity contribution in [2.24, 2.45) is 0 Å². The highest BCUT2D eigenvalue weighted by Crippen LogP contribution is 1.99. The van der Waals surface area contributed by atoms with E-state index < -0.39 is 0 Å². The van der Waals surface area contributed by atoms with Crippen molar-refractivity contribution in [1.82, 2.24) is 15.8 Å². The maximum absolute atomic E-state index is 11.0. The highest BCUT2D eigenvalue weighted by molar-refractivity contribution is 5.77. The molecule has 0 aromatic carbocycles. The largest absolute Gasteiger partial charge is 0.361 e. The summed E-state index contributed by atoms with van der Waals surface area (Å²) in [6.45, 7) is 5.23. The van der Waals surface area contributed by atoms with Gasteiger partial charge in [0, 0.05) is 19.2 Å². The van der Waals surface area contributed by atoms with E-state index in [2.05, 4.69) is 15.8 Å². The molecule has 0 aliphatic carbocycles. The minimum atomic E-state index is -0.00674. The Hall–Kier alpha value is -1.36. The molecule has 0 bridgehead atoms. The summed E-state index contributed by atoms with van der Waals surface area (Å²) in [4.78, 5) is 11.0. The zero-order valence-corrected chi connectivity index (χ0v) is 8.46. The summed E-state index contributed by atoms with van der Waals surface area (Å²) < 4.78 is 4.88. The monoisotopic (exact) mass is 197 g/mol. The van der Waals surface area contributed by atoms with Gasteiger partial charge in [0.15, 0.2) is 0 Å². The number of aromatic nitrogens is 1. The lowest BCUT2D eigenvalue weighted by molar-refractivity contribution is -0.120. The molecule has 0 saturated heterocycles. The Balaban J connectivity index is 2.18.